The number of ether oxygens (including phenoxy) is 10. The maximum Gasteiger partial charge on any atom is 0.0701 e. The second kappa shape index (κ2) is 51.6. The molecule has 0 radical (unpaired) electrons. The molecule has 10 heteroatoms. The quantitative estimate of drug-likeness (QED) is 0.0558. The first-order valence-electron chi connectivity index (χ1n) is 22.2. The highest BCUT2D eigenvalue weighted by Crippen LogP contribution is 2.12. The van der Waals surface area contributed by atoms with Gasteiger partial charge in [-0.05, 0) is 12.8 Å². The second-order valence-corrected chi connectivity index (χ2v) is 13.8. The summed E-state index contributed by atoms with van der Waals surface area (Å²) in [5.41, 5.74) is 0. The Hall–Kier alpha value is -0.400. The van der Waals surface area contributed by atoms with Crippen LogP contribution in [0.15, 0.2) is 0 Å². The Kier molecular flexibility index (Phi) is 51.2. The Balaban J connectivity index is 3.05. The van der Waals surface area contributed by atoms with E-state index in [4.69, 9.17) is 47.4 Å². The highest BCUT2D eigenvalue weighted by Gasteiger charge is 1.98. The monoisotopic (exact) mass is 765 g/mol. The topological polar surface area (TPSA) is 92.3 Å². The predicted octanol–water partition coefficient (Wildman–Crippen LogP) is 9.38. The van der Waals surface area contributed by atoms with Crippen molar-refractivity contribution in [2.45, 2.75) is 149 Å². The molecule has 0 unspecified atom stereocenters. The van der Waals surface area contributed by atoms with Crippen molar-refractivity contribution in [3.8, 4) is 0 Å². The molecule has 0 aliphatic carbocycles. The first-order valence-corrected chi connectivity index (χ1v) is 22.2. The molecule has 0 N–H and O–H groups in total. The van der Waals surface area contributed by atoms with Crippen LogP contribution in [0, 0.1) is 0 Å². The van der Waals surface area contributed by atoms with E-state index in [-0.39, 0.29) is 0 Å². The standard InChI is InChI=1S/C43H88O10/c1-3-5-7-9-11-13-14-15-16-17-19-21-23-25-45-27-29-47-31-33-49-35-37-51-39-41-53-43-42-52-40-38-50-36-34-48-32-30-46-28-26-44-24-22-20-18-12-10-8-6-4-2/h3-43H2,1-2H3. The van der Waals surface area contributed by atoms with Gasteiger partial charge in [-0.15, -0.1) is 0 Å². The fourth-order valence-corrected chi connectivity index (χ4v) is 5.64. The largest absolute Gasteiger partial charge is 0.379 e. The average Bonchev–Trinajstić information content (AvgIpc) is 3.17. The first-order chi connectivity index (χ1) is 26.4. The van der Waals surface area contributed by atoms with E-state index in [1.54, 1.807) is 0 Å². The summed E-state index contributed by atoms with van der Waals surface area (Å²) >= 11 is 0. The summed E-state index contributed by atoms with van der Waals surface area (Å²) in [5, 5.41) is 0. The van der Waals surface area contributed by atoms with E-state index in [1.807, 2.05) is 0 Å². The molecule has 0 fully saturated rings. The third-order valence-corrected chi connectivity index (χ3v) is 8.88. The molecule has 0 spiro atoms. The summed E-state index contributed by atoms with van der Waals surface area (Å²) in [7, 11) is 0. The fraction of sp³-hybridized carbons (Fsp3) is 1.00. The van der Waals surface area contributed by atoms with Gasteiger partial charge in [-0.25, -0.2) is 0 Å². The number of hydrogen-bond acceptors (Lipinski definition) is 10. The van der Waals surface area contributed by atoms with E-state index in [1.165, 1.54) is 122 Å². The van der Waals surface area contributed by atoms with Crippen LogP contribution in [-0.2, 0) is 47.4 Å². The van der Waals surface area contributed by atoms with Gasteiger partial charge in [-0.3, -0.25) is 0 Å². The van der Waals surface area contributed by atoms with Gasteiger partial charge in [-0.2, -0.15) is 0 Å². The van der Waals surface area contributed by atoms with Gasteiger partial charge in [0.15, 0.2) is 0 Å². The molecule has 0 bridgehead atoms. The number of unbranched alkanes of at least 4 members (excludes halogenated alkanes) is 19. The van der Waals surface area contributed by atoms with Gasteiger partial charge in [0.2, 0.25) is 0 Å². The Bertz CT molecular complexity index is 566. The van der Waals surface area contributed by atoms with Gasteiger partial charge in [0.05, 0.1) is 119 Å². The summed E-state index contributed by atoms with van der Waals surface area (Å²) in [6.45, 7) is 16.5. The number of rotatable bonds is 50. The van der Waals surface area contributed by atoms with Crippen LogP contribution in [0.1, 0.15) is 149 Å². The molecule has 0 rings (SSSR count). The molecule has 0 aromatic carbocycles. The molecular weight excluding hydrogens is 676 g/mol. The zero-order valence-corrected chi connectivity index (χ0v) is 35.1. The van der Waals surface area contributed by atoms with E-state index in [9.17, 15) is 0 Å². The summed E-state index contributed by atoms with van der Waals surface area (Å²) in [4.78, 5) is 0. The highest BCUT2D eigenvalue weighted by molar-refractivity contribution is 4.50. The van der Waals surface area contributed by atoms with Crippen molar-refractivity contribution in [2.24, 2.45) is 0 Å². The zero-order chi connectivity index (χ0) is 38.1. The second-order valence-electron chi connectivity index (χ2n) is 13.8. The molecule has 0 aliphatic heterocycles. The molecule has 0 aromatic heterocycles. The van der Waals surface area contributed by atoms with Crippen LogP contribution in [0.4, 0.5) is 0 Å². The minimum absolute atomic E-state index is 0.535. The van der Waals surface area contributed by atoms with Gasteiger partial charge in [-0.1, -0.05) is 136 Å². The molecule has 0 saturated carbocycles. The van der Waals surface area contributed by atoms with Gasteiger partial charge in [0.25, 0.3) is 0 Å². The van der Waals surface area contributed by atoms with Gasteiger partial charge >= 0.3 is 0 Å². The van der Waals surface area contributed by atoms with Crippen LogP contribution in [0.3, 0.4) is 0 Å². The Morgan fingerprint density at radius 3 is 0.453 bits per heavy atom. The molecule has 0 saturated heterocycles. The van der Waals surface area contributed by atoms with Crippen LogP contribution >= 0.6 is 0 Å². The molecule has 53 heavy (non-hydrogen) atoms. The van der Waals surface area contributed by atoms with Crippen LogP contribution in [0.5, 0.6) is 0 Å². The van der Waals surface area contributed by atoms with Crippen molar-refractivity contribution in [3.05, 3.63) is 0 Å². The average molecular weight is 765 g/mol. The third-order valence-electron chi connectivity index (χ3n) is 8.88. The van der Waals surface area contributed by atoms with Crippen LogP contribution < -0.4 is 0 Å². The maximum absolute atomic E-state index is 5.68. The van der Waals surface area contributed by atoms with Crippen molar-refractivity contribution in [1.82, 2.24) is 0 Å². The van der Waals surface area contributed by atoms with Gasteiger partial charge in [0, 0.05) is 13.2 Å². The molecule has 0 heterocycles. The van der Waals surface area contributed by atoms with Crippen molar-refractivity contribution in [1.29, 1.82) is 0 Å². The highest BCUT2D eigenvalue weighted by atomic mass is 16.6. The molecular formula is C43H88O10. The van der Waals surface area contributed by atoms with Crippen molar-refractivity contribution >= 4 is 0 Å². The SMILES string of the molecule is CCCCCCCCCCCCCCCOCCOCCOCCOCCOCCOCCOCCOCCOCCOCCCCCCCCCC. The van der Waals surface area contributed by atoms with E-state index < -0.39 is 0 Å². The van der Waals surface area contributed by atoms with Crippen LogP contribution in [0.2, 0.25) is 0 Å². The van der Waals surface area contributed by atoms with Gasteiger partial charge in [0.1, 0.15) is 0 Å². The lowest BCUT2D eigenvalue weighted by Crippen LogP contribution is -2.15. The molecule has 0 aromatic rings. The lowest BCUT2D eigenvalue weighted by atomic mass is 10.0. The molecule has 0 amide bonds. The number of hydrogen-bond donors (Lipinski definition) is 0. The van der Waals surface area contributed by atoms with Crippen LogP contribution in [-0.4, -0.2) is 132 Å². The normalized spacial score (nSPS) is 11.7. The van der Waals surface area contributed by atoms with E-state index in [2.05, 4.69) is 13.8 Å². The Labute approximate surface area is 327 Å². The molecule has 0 atom stereocenters. The summed E-state index contributed by atoms with van der Waals surface area (Å²) in [6.07, 6.45) is 28.4. The van der Waals surface area contributed by atoms with Crippen LogP contribution in [0.25, 0.3) is 0 Å². The van der Waals surface area contributed by atoms with E-state index in [0.29, 0.717) is 119 Å². The van der Waals surface area contributed by atoms with E-state index in [0.717, 1.165) is 26.1 Å². The summed E-state index contributed by atoms with van der Waals surface area (Å²) < 4.78 is 55.6. The smallest absolute Gasteiger partial charge is 0.0701 e. The fourth-order valence-electron chi connectivity index (χ4n) is 5.64. The Morgan fingerprint density at radius 1 is 0.151 bits per heavy atom. The third kappa shape index (κ3) is 51.6. The predicted molar refractivity (Wildman–Crippen MR) is 216 cm³/mol. The zero-order valence-electron chi connectivity index (χ0n) is 35.1. The molecule has 0 aliphatic rings. The molecule has 320 valence electrons. The lowest BCUT2D eigenvalue weighted by molar-refractivity contribution is -0.0264. The van der Waals surface area contributed by atoms with Gasteiger partial charge < -0.3 is 47.4 Å². The lowest BCUT2D eigenvalue weighted by Gasteiger charge is -2.09. The summed E-state index contributed by atoms with van der Waals surface area (Å²) in [5.74, 6) is 0. The van der Waals surface area contributed by atoms with Crippen molar-refractivity contribution in [2.75, 3.05) is 132 Å². The Morgan fingerprint density at radius 2 is 0.283 bits per heavy atom. The first kappa shape index (κ1) is 52.6. The summed E-state index contributed by atoms with van der Waals surface area (Å²) in [6, 6.07) is 0. The maximum atomic E-state index is 5.68. The minimum Gasteiger partial charge on any atom is -0.379 e. The van der Waals surface area contributed by atoms with E-state index >= 15 is 0 Å². The van der Waals surface area contributed by atoms with Crippen molar-refractivity contribution in [3.63, 3.8) is 0 Å². The molecule has 10 nitrogen and oxygen atoms in total. The van der Waals surface area contributed by atoms with Crippen molar-refractivity contribution < 1.29 is 47.4 Å². The minimum atomic E-state index is 0.535.